The Morgan fingerprint density at radius 3 is 1.82 bits per heavy atom. The van der Waals surface area contributed by atoms with Crippen LogP contribution in [0.1, 0.15) is 64.2 Å². The normalized spacial score (nSPS) is 10.5. The van der Waals surface area contributed by atoms with E-state index in [1.807, 2.05) is 49.4 Å². The van der Waals surface area contributed by atoms with Gasteiger partial charge >= 0.3 is 0 Å². The lowest BCUT2D eigenvalue weighted by molar-refractivity contribution is 0.306. The monoisotopic (exact) mass is 468 g/mol. The molecule has 0 heterocycles. The van der Waals surface area contributed by atoms with Crippen molar-refractivity contribution in [3.63, 3.8) is 0 Å². The van der Waals surface area contributed by atoms with E-state index in [-0.39, 0.29) is 5.75 Å². The third-order valence-electron chi connectivity index (χ3n) is 4.63. The zero-order valence-electron chi connectivity index (χ0n) is 21.0. The Kier molecular flexibility index (Phi) is 13.2. The summed E-state index contributed by atoms with van der Waals surface area (Å²) < 4.78 is 31.0. The second-order valence-corrected chi connectivity index (χ2v) is 10.5. The van der Waals surface area contributed by atoms with Crippen molar-refractivity contribution in [2.45, 2.75) is 71.6 Å². The quantitative estimate of drug-likeness (QED) is 0.352. The summed E-state index contributed by atoms with van der Waals surface area (Å²) in [5.41, 5.74) is 2.78. The molecule has 0 aliphatic carbocycles. The van der Waals surface area contributed by atoms with Crippen LogP contribution in [0.15, 0.2) is 83.8 Å². The van der Waals surface area contributed by atoms with Gasteiger partial charge in [0.05, 0.1) is 10.6 Å². The van der Waals surface area contributed by atoms with Gasteiger partial charge in [-0.05, 0) is 53.8 Å². The number of hydrogen-bond acceptors (Lipinski definition) is 3. The second kappa shape index (κ2) is 15.3. The van der Waals surface area contributed by atoms with Crippen LogP contribution >= 0.6 is 0 Å². The van der Waals surface area contributed by atoms with Gasteiger partial charge < -0.3 is 4.74 Å². The van der Waals surface area contributed by atoms with Crippen LogP contribution in [0.25, 0.3) is 0 Å². The van der Waals surface area contributed by atoms with Gasteiger partial charge in [0.25, 0.3) is 0 Å². The van der Waals surface area contributed by atoms with Gasteiger partial charge in [-0.15, -0.1) is 0 Å². The molecule has 0 amide bonds. The maximum absolute atomic E-state index is 12.6. The van der Waals surface area contributed by atoms with Crippen LogP contribution < -0.4 is 4.74 Å². The first kappa shape index (κ1) is 28.4. The van der Waals surface area contributed by atoms with Gasteiger partial charge in [0, 0.05) is 0 Å². The minimum atomic E-state index is -3.37. The van der Waals surface area contributed by atoms with Crippen molar-refractivity contribution < 1.29 is 13.2 Å². The first-order chi connectivity index (χ1) is 15.7. The maximum Gasteiger partial charge on any atom is 0.182 e. The average Bonchev–Trinajstić information content (AvgIpc) is 2.79. The molecule has 0 fully saturated rings. The molecule has 0 saturated heterocycles. The Balaban J connectivity index is 0.000000591. The largest absolute Gasteiger partial charge is 0.489 e. The second-order valence-electron chi connectivity index (χ2n) is 8.51. The fraction of sp³-hybridized carbons (Fsp3) is 0.379. The molecule has 0 saturated carbocycles. The van der Waals surface area contributed by atoms with Crippen LogP contribution in [0.5, 0.6) is 5.75 Å². The lowest BCUT2D eigenvalue weighted by atomic mass is 10.1. The van der Waals surface area contributed by atoms with Gasteiger partial charge in [0.2, 0.25) is 0 Å². The van der Waals surface area contributed by atoms with Gasteiger partial charge in [-0.3, -0.25) is 0 Å². The molecule has 0 bridgehead atoms. The third-order valence-corrected chi connectivity index (χ3v) is 6.34. The van der Waals surface area contributed by atoms with Gasteiger partial charge in [0.1, 0.15) is 12.4 Å². The highest BCUT2D eigenvalue weighted by atomic mass is 32.2. The summed E-state index contributed by atoms with van der Waals surface area (Å²) in [5.74, 6) is 1.53. The minimum Gasteiger partial charge on any atom is -0.489 e. The van der Waals surface area contributed by atoms with Crippen molar-refractivity contribution in [1.29, 1.82) is 0 Å². The summed E-state index contributed by atoms with van der Waals surface area (Å²) in [5, 5.41) is 0. The molecule has 33 heavy (non-hydrogen) atoms. The first-order valence-corrected chi connectivity index (χ1v) is 13.4. The Bertz CT molecular complexity index is 1010. The Labute approximate surface area is 201 Å². The number of ether oxygens (including phenoxy) is 1. The predicted molar refractivity (Wildman–Crippen MR) is 140 cm³/mol. The van der Waals surface area contributed by atoms with E-state index in [4.69, 9.17) is 4.74 Å². The molecule has 3 rings (SSSR count). The molecule has 0 radical (unpaired) electrons. The molecule has 0 aliphatic heterocycles. The molecular formula is C29H40O3S. The number of sulfone groups is 1. The van der Waals surface area contributed by atoms with Crippen molar-refractivity contribution in [1.82, 2.24) is 0 Å². The molecule has 0 atom stereocenters. The SMILES string of the molecule is CCC.CCC(C)C.Cc1cc(CS(=O)(=O)c2ccccc2)cc(OCc2ccccc2)c1. The van der Waals surface area contributed by atoms with Crippen LogP contribution in [-0.4, -0.2) is 8.42 Å². The first-order valence-electron chi connectivity index (χ1n) is 11.8. The van der Waals surface area contributed by atoms with Crippen LogP contribution in [0.2, 0.25) is 0 Å². The summed E-state index contributed by atoms with van der Waals surface area (Å²) in [6.07, 6.45) is 2.56. The summed E-state index contributed by atoms with van der Waals surface area (Å²) in [6, 6.07) is 24.0. The molecule has 3 aromatic carbocycles. The van der Waals surface area contributed by atoms with E-state index in [9.17, 15) is 8.42 Å². The summed E-state index contributed by atoms with van der Waals surface area (Å²) in [4.78, 5) is 0.336. The summed E-state index contributed by atoms with van der Waals surface area (Å²) in [7, 11) is -3.37. The highest BCUT2D eigenvalue weighted by molar-refractivity contribution is 7.90. The summed E-state index contributed by atoms with van der Waals surface area (Å²) in [6.45, 7) is 13.3. The van der Waals surface area contributed by atoms with E-state index in [1.54, 1.807) is 36.4 Å². The highest BCUT2D eigenvalue weighted by Crippen LogP contribution is 2.22. The molecule has 0 N–H and O–H groups in total. The van der Waals surface area contributed by atoms with Crippen molar-refractivity contribution in [3.05, 3.63) is 95.6 Å². The van der Waals surface area contributed by atoms with E-state index >= 15 is 0 Å². The van der Waals surface area contributed by atoms with E-state index in [0.29, 0.717) is 17.3 Å². The molecule has 3 nitrogen and oxygen atoms in total. The molecular weight excluding hydrogens is 428 g/mol. The minimum absolute atomic E-state index is 0.0413. The van der Waals surface area contributed by atoms with Gasteiger partial charge in [-0.1, -0.05) is 102 Å². The van der Waals surface area contributed by atoms with E-state index in [2.05, 4.69) is 34.6 Å². The molecule has 3 aromatic rings. The summed E-state index contributed by atoms with van der Waals surface area (Å²) >= 11 is 0. The standard InChI is InChI=1S/C21H20O3S.C5H12.C3H8/c1-17-12-19(16-25(22,23)21-10-6-3-7-11-21)14-20(13-17)24-15-18-8-4-2-5-9-18;1-4-5(2)3;1-3-2/h2-14H,15-16H2,1H3;5H,4H2,1-3H3;3H2,1-2H3. The number of hydrogen-bond donors (Lipinski definition) is 0. The average molecular weight is 469 g/mol. The van der Waals surface area contributed by atoms with Crippen molar-refractivity contribution in [2.24, 2.45) is 5.92 Å². The molecule has 0 spiro atoms. The van der Waals surface area contributed by atoms with E-state index in [1.165, 1.54) is 12.8 Å². The third kappa shape index (κ3) is 11.7. The molecule has 0 aromatic heterocycles. The van der Waals surface area contributed by atoms with Gasteiger partial charge in [0.15, 0.2) is 9.84 Å². The van der Waals surface area contributed by atoms with Crippen molar-refractivity contribution in [3.8, 4) is 5.75 Å². The number of benzene rings is 3. The Hall–Kier alpha value is -2.59. The number of aryl methyl sites for hydroxylation is 1. The fourth-order valence-electron chi connectivity index (χ4n) is 2.66. The van der Waals surface area contributed by atoms with Crippen LogP contribution in [0.4, 0.5) is 0 Å². The zero-order valence-corrected chi connectivity index (χ0v) is 21.9. The maximum atomic E-state index is 12.6. The number of rotatable bonds is 7. The lowest BCUT2D eigenvalue weighted by Crippen LogP contribution is -2.05. The molecule has 0 unspecified atom stereocenters. The van der Waals surface area contributed by atoms with E-state index in [0.717, 1.165) is 22.6 Å². The van der Waals surface area contributed by atoms with Crippen molar-refractivity contribution in [2.75, 3.05) is 0 Å². The van der Waals surface area contributed by atoms with Crippen molar-refractivity contribution >= 4 is 9.84 Å². The highest BCUT2D eigenvalue weighted by Gasteiger charge is 2.15. The molecule has 0 aliphatic rings. The fourth-order valence-corrected chi connectivity index (χ4v) is 4.01. The zero-order chi connectivity index (χ0) is 24.7. The predicted octanol–water partition coefficient (Wildman–Crippen LogP) is 8.02. The van der Waals surface area contributed by atoms with Crippen LogP contribution in [0, 0.1) is 12.8 Å². The van der Waals surface area contributed by atoms with Gasteiger partial charge in [-0.25, -0.2) is 8.42 Å². The molecule has 4 heteroatoms. The Morgan fingerprint density at radius 1 is 0.788 bits per heavy atom. The lowest BCUT2D eigenvalue weighted by Gasteiger charge is -2.11. The smallest absolute Gasteiger partial charge is 0.182 e. The van der Waals surface area contributed by atoms with Gasteiger partial charge in [-0.2, -0.15) is 0 Å². The topological polar surface area (TPSA) is 43.4 Å². The van der Waals surface area contributed by atoms with E-state index < -0.39 is 9.84 Å². The Morgan fingerprint density at radius 2 is 1.30 bits per heavy atom. The molecule has 180 valence electrons. The van der Waals surface area contributed by atoms with Crippen LogP contribution in [-0.2, 0) is 22.2 Å². The van der Waals surface area contributed by atoms with Crippen LogP contribution in [0.3, 0.4) is 0 Å².